The molecule has 0 saturated carbocycles. The van der Waals surface area contributed by atoms with Gasteiger partial charge in [-0.05, 0) is 42.6 Å². The first-order valence-electron chi connectivity index (χ1n) is 10.1. The summed E-state index contributed by atoms with van der Waals surface area (Å²) in [5, 5.41) is 5.83. The highest BCUT2D eigenvalue weighted by atomic mass is 16.5. The number of carbonyl (C=O) groups excluding carboxylic acids is 4. The Hall–Kier alpha value is -4.20. The van der Waals surface area contributed by atoms with Gasteiger partial charge < -0.3 is 10.1 Å². The summed E-state index contributed by atoms with van der Waals surface area (Å²) in [6.07, 6.45) is -0.749. The number of carbonyl (C=O) groups is 4. The second-order valence-electron chi connectivity index (χ2n) is 7.37. The second kappa shape index (κ2) is 8.89. The minimum Gasteiger partial charge on any atom is -0.449 e. The molecular weight excluding hydrogens is 410 g/mol. The summed E-state index contributed by atoms with van der Waals surface area (Å²) in [6.45, 7) is 1.49. The van der Waals surface area contributed by atoms with Gasteiger partial charge in [-0.25, -0.2) is 9.80 Å². The average Bonchev–Trinajstić information content (AvgIpc) is 2.81. The first-order chi connectivity index (χ1) is 15.4. The lowest BCUT2D eigenvalue weighted by molar-refractivity contribution is -0.130. The topological polar surface area (TPSA) is 105 Å². The molecule has 0 bridgehead atoms. The van der Waals surface area contributed by atoms with Crippen LogP contribution in [0.5, 0.6) is 0 Å². The lowest BCUT2D eigenvalue weighted by Gasteiger charge is -2.27. The van der Waals surface area contributed by atoms with Crippen LogP contribution in [-0.4, -0.2) is 29.8 Å². The number of hydrogen-bond acceptors (Lipinski definition) is 5. The molecule has 1 unspecified atom stereocenters. The molecule has 1 saturated heterocycles. The van der Waals surface area contributed by atoms with Gasteiger partial charge in [0.15, 0.2) is 6.10 Å². The van der Waals surface area contributed by atoms with Crippen molar-refractivity contribution in [3.63, 3.8) is 0 Å². The Bertz CT molecular complexity index is 1200. The largest absolute Gasteiger partial charge is 0.449 e. The molecule has 3 aromatic carbocycles. The molecule has 0 aliphatic carbocycles. The molecule has 162 valence electrons. The van der Waals surface area contributed by atoms with E-state index in [-0.39, 0.29) is 30.2 Å². The van der Waals surface area contributed by atoms with Crippen molar-refractivity contribution in [3.8, 4) is 0 Å². The SMILES string of the molecule is CC(OC(=O)c1ccc(N2NC(=O)CCC2=O)cc1)C(=O)Nc1cccc2ccccc12. The van der Waals surface area contributed by atoms with Crippen molar-refractivity contribution >= 4 is 45.8 Å². The quantitative estimate of drug-likeness (QED) is 0.604. The van der Waals surface area contributed by atoms with E-state index in [4.69, 9.17) is 4.74 Å². The molecule has 0 radical (unpaired) electrons. The molecular formula is C24H21N3O5. The molecule has 1 aliphatic heterocycles. The predicted molar refractivity (Wildman–Crippen MR) is 119 cm³/mol. The standard InChI is InChI=1S/C24H21N3O5/c1-15(23(30)25-20-8-4-6-16-5-2-3-7-19(16)20)32-24(31)17-9-11-18(12-10-17)27-22(29)14-13-21(28)26-27/h2-12,15H,13-14H2,1H3,(H,25,30)(H,26,28). The van der Waals surface area contributed by atoms with Crippen molar-refractivity contribution in [2.24, 2.45) is 0 Å². The van der Waals surface area contributed by atoms with Crippen LogP contribution in [0.1, 0.15) is 30.1 Å². The molecule has 0 aromatic heterocycles. The van der Waals surface area contributed by atoms with Crippen molar-refractivity contribution in [1.82, 2.24) is 5.43 Å². The maximum absolute atomic E-state index is 12.6. The number of fused-ring (bicyclic) bond motifs is 1. The Kier molecular flexibility index (Phi) is 5.85. The molecule has 1 aliphatic rings. The van der Waals surface area contributed by atoms with Crippen LogP contribution in [0.3, 0.4) is 0 Å². The molecule has 1 fully saturated rings. The van der Waals surface area contributed by atoms with Crippen molar-refractivity contribution in [3.05, 3.63) is 72.3 Å². The monoisotopic (exact) mass is 431 g/mol. The Morgan fingerprint density at radius 2 is 1.69 bits per heavy atom. The summed E-state index contributed by atoms with van der Waals surface area (Å²) in [6, 6.07) is 19.2. The molecule has 32 heavy (non-hydrogen) atoms. The van der Waals surface area contributed by atoms with E-state index in [0.29, 0.717) is 11.4 Å². The van der Waals surface area contributed by atoms with Gasteiger partial charge in [-0.1, -0.05) is 36.4 Å². The zero-order valence-corrected chi connectivity index (χ0v) is 17.3. The second-order valence-corrected chi connectivity index (χ2v) is 7.37. The third kappa shape index (κ3) is 4.44. The molecule has 4 rings (SSSR count). The van der Waals surface area contributed by atoms with E-state index in [2.05, 4.69) is 10.7 Å². The summed E-state index contributed by atoms with van der Waals surface area (Å²) < 4.78 is 5.30. The molecule has 0 spiro atoms. The lowest BCUT2D eigenvalue weighted by Crippen LogP contribution is -2.50. The van der Waals surface area contributed by atoms with Crippen molar-refractivity contribution < 1.29 is 23.9 Å². The van der Waals surface area contributed by atoms with E-state index in [1.54, 1.807) is 6.07 Å². The van der Waals surface area contributed by atoms with Gasteiger partial charge in [-0.3, -0.25) is 19.8 Å². The number of anilines is 2. The van der Waals surface area contributed by atoms with Gasteiger partial charge in [0.1, 0.15) is 0 Å². The number of hydrazine groups is 1. The molecule has 3 amide bonds. The summed E-state index contributed by atoms with van der Waals surface area (Å²) in [5.41, 5.74) is 3.77. The van der Waals surface area contributed by atoms with Gasteiger partial charge in [0.2, 0.25) is 11.8 Å². The van der Waals surface area contributed by atoms with E-state index >= 15 is 0 Å². The third-order valence-electron chi connectivity index (χ3n) is 5.11. The van der Waals surface area contributed by atoms with Crippen LogP contribution in [0.25, 0.3) is 10.8 Å². The lowest BCUT2D eigenvalue weighted by atomic mass is 10.1. The van der Waals surface area contributed by atoms with Crippen LogP contribution in [0.15, 0.2) is 66.7 Å². The fourth-order valence-electron chi connectivity index (χ4n) is 3.38. The molecule has 1 heterocycles. The highest BCUT2D eigenvalue weighted by molar-refractivity contribution is 6.04. The maximum Gasteiger partial charge on any atom is 0.338 e. The van der Waals surface area contributed by atoms with Crippen LogP contribution in [-0.2, 0) is 19.1 Å². The van der Waals surface area contributed by atoms with Gasteiger partial charge in [-0.2, -0.15) is 0 Å². The number of ether oxygens (including phenoxy) is 1. The maximum atomic E-state index is 12.6. The van der Waals surface area contributed by atoms with E-state index in [1.807, 2.05) is 36.4 Å². The Morgan fingerprint density at radius 3 is 2.47 bits per heavy atom. The Morgan fingerprint density at radius 1 is 0.969 bits per heavy atom. The minimum absolute atomic E-state index is 0.124. The Balaban J connectivity index is 1.40. The summed E-state index contributed by atoms with van der Waals surface area (Å²) in [4.78, 5) is 48.6. The predicted octanol–water partition coefficient (Wildman–Crippen LogP) is 3.18. The van der Waals surface area contributed by atoms with Gasteiger partial charge in [-0.15, -0.1) is 0 Å². The highest BCUT2D eigenvalue weighted by Crippen LogP contribution is 2.23. The zero-order valence-electron chi connectivity index (χ0n) is 17.3. The van der Waals surface area contributed by atoms with Crippen molar-refractivity contribution in [2.75, 3.05) is 10.3 Å². The zero-order chi connectivity index (χ0) is 22.7. The summed E-state index contributed by atoms with van der Waals surface area (Å²) in [7, 11) is 0. The van der Waals surface area contributed by atoms with E-state index in [0.717, 1.165) is 15.8 Å². The van der Waals surface area contributed by atoms with Crippen molar-refractivity contribution in [2.45, 2.75) is 25.9 Å². The fourth-order valence-corrected chi connectivity index (χ4v) is 3.38. The molecule has 3 aromatic rings. The molecule has 2 N–H and O–H groups in total. The normalized spacial score (nSPS) is 14.6. The van der Waals surface area contributed by atoms with E-state index < -0.39 is 18.0 Å². The van der Waals surface area contributed by atoms with Crippen LogP contribution in [0.2, 0.25) is 0 Å². The molecule has 1 atom stereocenters. The number of benzene rings is 3. The van der Waals surface area contributed by atoms with Crippen LogP contribution in [0.4, 0.5) is 11.4 Å². The summed E-state index contributed by atoms with van der Waals surface area (Å²) in [5.74, 6) is -1.61. The smallest absolute Gasteiger partial charge is 0.338 e. The number of esters is 1. The number of hydrogen-bond donors (Lipinski definition) is 2. The number of rotatable bonds is 5. The number of nitrogens with one attached hydrogen (secondary N) is 2. The number of nitrogens with zero attached hydrogens (tertiary/aromatic N) is 1. The summed E-state index contributed by atoms with van der Waals surface area (Å²) >= 11 is 0. The minimum atomic E-state index is -1.02. The van der Waals surface area contributed by atoms with Gasteiger partial charge in [0.25, 0.3) is 5.91 Å². The van der Waals surface area contributed by atoms with Crippen molar-refractivity contribution in [1.29, 1.82) is 0 Å². The molecule has 8 heteroatoms. The van der Waals surface area contributed by atoms with Gasteiger partial charge in [0.05, 0.1) is 11.3 Å². The average molecular weight is 431 g/mol. The third-order valence-corrected chi connectivity index (χ3v) is 5.11. The van der Waals surface area contributed by atoms with Gasteiger partial charge in [0, 0.05) is 23.9 Å². The highest BCUT2D eigenvalue weighted by Gasteiger charge is 2.25. The Labute approximate surface area is 184 Å². The van der Waals surface area contributed by atoms with Crippen LogP contribution < -0.4 is 15.8 Å². The van der Waals surface area contributed by atoms with Crippen LogP contribution in [0, 0.1) is 0 Å². The first kappa shape index (κ1) is 21.0. The first-order valence-corrected chi connectivity index (χ1v) is 10.1. The van der Waals surface area contributed by atoms with Gasteiger partial charge >= 0.3 is 5.97 Å². The fraction of sp³-hybridized carbons (Fsp3) is 0.167. The van der Waals surface area contributed by atoms with E-state index in [9.17, 15) is 19.2 Å². The number of amides is 3. The van der Waals surface area contributed by atoms with E-state index in [1.165, 1.54) is 31.2 Å². The van der Waals surface area contributed by atoms with Crippen LogP contribution >= 0.6 is 0 Å². The molecule has 8 nitrogen and oxygen atoms in total.